The molecule has 19 heavy (non-hydrogen) atoms. The van der Waals surface area contributed by atoms with Crippen molar-refractivity contribution in [3.8, 4) is 0 Å². The molecule has 0 bridgehead atoms. The van der Waals surface area contributed by atoms with Gasteiger partial charge in [0, 0.05) is 31.2 Å². The minimum absolute atomic E-state index is 0.232. The lowest BCUT2D eigenvalue weighted by Gasteiger charge is -2.22. The van der Waals surface area contributed by atoms with E-state index in [1.165, 1.54) is 17.1 Å². The lowest BCUT2D eigenvalue weighted by molar-refractivity contribution is 0.434. The summed E-state index contributed by atoms with van der Waals surface area (Å²) in [6, 6.07) is 0.545. The smallest absolute Gasteiger partial charge is 0.260 e. The molecule has 0 spiro atoms. The molecule has 0 aromatic carbocycles. The number of nitrogens with zero attached hydrogens (tertiary/aromatic N) is 2. The van der Waals surface area contributed by atoms with E-state index in [0.29, 0.717) is 25.7 Å². The van der Waals surface area contributed by atoms with Crippen LogP contribution in [0, 0.1) is 0 Å². The number of hydrogen-bond acceptors (Lipinski definition) is 4. The van der Waals surface area contributed by atoms with E-state index >= 15 is 0 Å². The number of aromatic nitrogens is 2. The quantitative estimate of drug-likeness (QED) is 0.776. The molecule has 1 aliphatic carbocycles. The van der Waals surface area contributed by atoms with E-state index in [0.717, 1.165) is 12.0 Å². The maximum absolute atomic E-state index is 12.5. The molecule has 6 nitrogen and oxygen atoms in total. The Hall–Kier alpha value is -1.18. The predicted molar refractivity (Wildman–Crippen MR) is 71.0 cm³/mol. The molecule has 3 rings (SSSR count). The summed E-state index contributed by atoms with van der Waals surface area (Å²) in [6.07, 6.45) is 8.62. The first-order chi connectivity index (χ1) is 9.18. The average molecular weight is 282 g/mol. The molecule has 1 aromatic heterocycles. The van der Waals surface area contributed by atoms with Gasteiger partial charge in [-0.05, 0) is 19.3 Å². The summed E-state index contributed by atoms with van der Waals surface area (Å²) in [4.78, 5) is 0. The van der Waals surface area contributed by atoms with E-state index in [1.807, 2.05) is 12.2 Å². The van der Waals surface area contributed by atoms with Crippen molar-refractivity contribution in [1.82, 2.24) is 19.8 Å². The third kappa shape index (κ3) is 2.72. The Labute approximate surface area is 112 Å². The monoisotopic (exact) mass is 282 g/mol. The second kappa shape index (κ2) is 5.07. The Morgan fingerprint density at radius 3 is 2.95 bits per heavy atom. The largest absolute Gasteiger partial charge is 0.310 e. The van der Waals surface area contributed by atoms with Crippen LogP contribution in [0.3, 0.4) is 0 Å². The fourth-order valence-corrected chi connectivity index (χ4v) is 3.67. The van der Waals surface area contributed by atoms with Crippen molar-refractivity contribution >= 4 is 10.0 Å². The zero-order chi connectivity index (χ0) is 13.3. The number of rotatable bonds is 5. The molecule has 7 heteroatoms. The van der Waals surface area contributed by atoms with Crippen molar-refractivity contribution < 1.29 is 8.42 Å². The number of H-pyrrole nitrogens is 1. The van der Waals surface area contributed by atoms with Crippen molar-refractivity contribution in [3.05, 3.63) is 23.9 Å². The molecule has 0 amide bonds. The fraction of sp³-hybridized carbons (Fsp3) is 0.583. The van der Waals surface area contributed by atoms with E-state index in [4.69, 9.17) is 0 Å². The molecule has 0 saturated heterocycles. The van der Waals surface area contributed by atoms with E-state index in [1.54, 1.807) is 6.20 Å². The molecule has 1 fully saturated rings. The summed E-state index contributed by atoms with van der Waals surface area (Å²) in [5, 5.41) is 10.1. The maximum Gasteiger partial charge on any atom is 0.260 e. The summed E-state index contributed by atoms with van der Waals surface area (Å²) >= 11 is 0. The second-order valence-electron chi connectivity index (χ2n) is 5.00. The fourth-order valence-electron chi connectivity index (χ4n) is 2.16. The lowest BCUT2D eigenvalue weighted by Crippen LogP contribution is -2.34. The summed E-state index contributed by atoms with van der Waals surface area (Å²) in [5.41, 5.74) is 0.724. The zero-order valence-electron chi connectivity index (χ0n) is 10.7. The highest BCUT2D eigenvalue weighted by molar-refractivity contribution is 7.89. The second-order valence-corrected chi connectivity index (χ2v) is 6.88. The van der Waals surface area contributed by atoms with E-state index in [-0.39, 0.29) is 5.03 Å². The molecular weight excluding hydrogens is 264 g/mol. The van der Waals surface area contributed by atoms with Crippen LogP contribution in [0.4, 0.5) is 0 Å². The van der Waals surface area contributed by atoms with E-state index in [2.05, 4.69) is 15.5 Å². The maximum atomic E-state index is 12.5. The summed E-state index contributed by atoms with van der Waals surface area (Å²) in [5.74, 6) is 0. The lowest BCUT2D eigenvalue weighted by atomic mass is 10.3. The first kappa shape index (κ1) is 12.8. The van der Waals surface area contributed by atoms with Gasteiger partial charge in [0.25, 0.3) is 10.0 Å². The molecular formula is C12H18N4O2S. The number of sulfonamides is 1. The van der Waals surface area contributed by atoms with Crippen molar-refractivity contribution in [2.24, 2.45) is 0 Å². The summed E-state index contributed by atoms with van der Waals surface area (Å²) in [7, 11) is -3.45. The first-order valence-corrected chi connectivity index (χ1v) is 8.03. The summed E-state index contributed by atoms with van der Waals surface area (Å²) in [6.45, 7) is 1.53. The standard InChI is InChI=1S/C12H18N4O2S/c17-19(18,16-6-2-1-3-7-16)12-10(9-14-15-12)8-13-11-4-5-11/h1-2,9,11,13H,3-8H2,(H,14,15). The van der Waals surface area contributed by atoms with Crippen LogP contribution in [0.1, 0.15) is 24.8 Å². The van der Waals surface area contributed by atoms with Gasteiger partial charge in [0.2, 0.25) is 0 Å². The van der Waals surface area contributed by atoms with Gasteiger partial charge in [-0.3, -0.25) is 5.10 Å². The third-order valence-electron chi connectivity index (χ3n) is 3.46. The molecule has 0 radical (unpaired) electrons. The van der Waals surface area contributed by atoms with Gasteiger partial charge < -0.3 is 5.32 Å². The van der Waals surface area contributed by atoms with E-state index < -0.39 is 10.0 Å². The Balaban J connectivity index is 1.79. The van der Waals surface area contributed by atoms with Crippen LogP contribution >= 0.6 is 0 Å². The molecule has 1 aromatic rings. The zero-order valence-corrected chi connectivity index (χ0v) is 11.5. The highest BCUT2D eigenvalue weighted by Crippen LogP contribution is 2.22. The van der Waals surface area contributed by atoms with Gasteiger partial charge in [-0.2, -0.15) is 9.40 Å². The van der Waals surface area contributed by atoms with Crippen LogP contribution < -0.4 is 5.32 Å². The van der Waals surface area contributed by atoms with Crippen molar-refractivity contribution in [1.29, 1.82) is 0 Å². The van der Waals surface area contributed by atoms with Crippen LogP contribution in [0.5, 0.6) is 0 Å². The molecule has 2 aliphatic rings. The van der Waals surface area contributed by atoms with Gasteiger partial charge in [-0.25, -0.2) is 8.42 Å². The van der Waals surface area contributed by atoms with Crippen LogP contribution in [-0.2, 0) is 16.6 Å². The molecule has 104 valence electrons. The third-order valence-corrected chi connectivity index (χ3v) is 5.34. The first-order valence-electron chi connectivity index (χ1n) is 6.59. The summed E-state index contributed by atoms with van der Waals surface area (Å²) < 4.78 is 26.5. The van der Waals surface area contributed by atoms with Gasteiger partial charge in [-0.1, -0.05) is 12.2 Å². The highest BCUT2D eigenvalue weighted by Gasteiger charge is 2.29. The molecule has 2 N–H and O–H groups in total. The minimum atomic E-state index is -3.45. The minimum Gasteiger partial charge on any atom is -0.310 e. The number of nitrogens with one attached hydrogen (secondary N) is 2. The molecule has 1 saturated carbocycles. The number of aromatic amines is 1. The van der Waals surface area contributed by atoms with Crippen LogP contribution in [0.25, 0.3) is 0 Å². The van der Waals surface area contributed by atoms with Gasteiger partial charge in [0.15, 0.2) is 5.03 Å². The van der Waals surface area contributed by atoms with Crippen molar-refractivity contribution in [3.63, 3.8) is 0 Å². The normalized spacial score (nSPS) is 20.8. The van der Waals surface area contributed by atoms with Crippen LogP contribution in [0.15, 0.2) is 23.4 Å². The highest BCUT2D eigenvalue weighted by atomic mass is 32.2. The van der Waals surface area contributed by atoms with Crippen LogP contribution in [0.2, 0.25) is 0 Å². The Morgan fingerprint density at radius 2 is 2.26 bits per heavy atom. The molecule has 1 aliphatic heterocycles. The molecule has 0 atom stereocenters. The Morgan fingerprint density at radius 1 is 1.42 bits per heavy atom. The average Bonchev–Trinajstić information content (AvgIpc) is 3.13. The van der Waals surface area contributed by atoms with Crippen molar-refractivity contribution in [2.75, 3.05) is 13.1 Å². The van der Waals surface area contributed by atoms with Gasteiger partial charge in [-0.15, -0.1) is 0 Å². The number of hydrogen-bond donors (Lipinski definition) is 2. The SMILES string of the molecule is O=S(=O)(c1[nH]ncc1CNC1CC1)N1CC=CCC1. The van der Waals surface area contributed by atoms with E-state index in [9.17, 15) is 8.42 Å². The predicted octanol–water partition coefficient (Wildman–Crippen LogP) is 0.612. The Kier molecular flexibility index (Phi) is 3.42. The Bertz CT molecular complexity index is 574. The molecule has 0 unspecified atom stereocenters. The van der Waals surface area contributed by atoms with Crippen LogP contribution in [-0.4, -0.2) is 42.1 Å². The van der Waals surface area contributed by atoms with Gasteiger partial charge >= 0.3 is 0 Å². The van der Waals surface area contributed by atoms with Gasteiger partial charge in [0.05, 0.1) is 6.20 Å². The topological polar surface area (TPSA) is 78.1 Å². The van der Waals surface area contributed by atoms with Crippen molar-refractivity contribution in [2.45, 2.75) is 36.9 Å². The molecule has 2 heterocycles. The van der Waals surface area contributed by atoms with Gasteiger partial charge in [0.1, 0.15) is 0 Å².